The van der Waals surface area contributed by atoms with Crippen molar-refractivity contribution in [1.82, 2.24) is 14.8 Å². The smallest absolute Gasteiger partial charge is 0.330 e. The zero-order chi connectivity index (χ0) is 19.1. The Morgan fingerprint density at radius 1 is 1.23 bits per heavy atom. The van der Waals surface area contributed by atoms with E-state index in [-0.39, 0.29) is 11.5 Å². The van der Waals surface area contributed by atoms with E-state index in [1.807, 2.05) is 43.8 Å². The molecule has 26 heavy (non-hydrogen) atoms. The van der Waals surface area contributed by atoms with Gasteiger partial charge in [0, 0.05) is 24.7 Å². The van der Waals surface area contributed by atoms with Crippen LogP contribution in [0.3, 0.4) is 0 Å². The minimum atomic E-state index is -0.522. The molecular formula is C19H26N4O3. The Morgan fingerprint density at radius 3 is 2.46 bits per heavy atom. The molecule has 1 saturated heterocycles. The predicted octanol–water partition coefficient (Wildman–Crippen LogP) is 2.45. The quantitative estimate of drug-likeness (QED) is 0.910. The fraction of sp³-hybridized carbons (Fsp3) is 0.526. The van der Waals surface area contributed by atoms with Crippen LogP contribution >= 0.6 is 0 Å². The van der Waals surface area contributed by atoms with Crippen LogP contribution in [0.2, 0.25) is 0 Å². The second kappa shape index (κ2) is 6.39. The third kappa shape index (κ3) is 3.44. The van der Waals surface area contributed by atoms with Gasteiger partial charge in [0.2, 0.25) is 0 Å². The van der Waals surface area contributed by atoms with Gasteiger partial charge in [0.1, 0.15) is 5.52 Å². The molecule has 2 aromatic rings. The molecule has 1 aliphatic heterocycles. The van der Waals surface area contributed by atoms with Gasteiger partial charge >= 0.3 is 5.97 Å². The normalized spacial score (nSPS) is 18.0. The Balaban J connectivity index is 1.77. The second-order valence-electron chi connectivity index (χ2n) is 8.24. The van der Waals surface area contributed by atoms with Crippen LogP contribution in [0.15, 0.2) is 24.4 Å². The van der Waals surface area contributed by atoms with Crippen LogP contribution in [0.1, 0.15) is 50.9 Å². The molecule has 0 bridgehead atoms. The van der Waals surface area contributed by atoms with Gasteiger partial charge in [0.25, 0.3) is 5.91 Å². The van der Waals surface area contributed by atoms with Gasteiger partial charge in [0.15, 0.2) is 0 Å². The van der Waals surface area contributed by atoms with E-state index >= 15 is 0 Å². The number of nitrogens with zero attached hydrogens (tertiary/aromatic N) is 3. The number of hydrogen-bond acceptors (Lipinski definition) is 5. The number of carbonyl (C=O) groups is 2. The van der Waals surface area contributed by atoms with E-state index in [1.165, 1.54) is 0 Å². The summed E-state index contributed by atoms with van der Waals surface area (Å²) in [7, 11) is 0. The summed E-state index contributed by atoms with van der Waals surface area (Å²) in [4.78, 5) is 29.2. The van der Waals surface area contributed by atoms with E-state index in [1.54, 1.807) is 11.1 Å². The summed E-state index contributed by atoms with van der Waals surface area (Å²) in [6.07, 6.45) is 3.52. The maximum absolute atomic E-state index is 12.1. The molecule has 1 amide bonds. The van der Waals surface area contributed by atoms with Crippen molar-refractivity contribution in [3.8, 4) is 0 Å². The minimum absolute atomic E-state index is 0.210. The van der Waals surface area contributed by atoms with Crippen molar-refractivity contribution < 1.29 is 14.4 Å². The average Bonchev–Trinajstić information content (AvgIpc) is 3.01. The van der Waals surface area contributed by atoms with Crippen molar-refractivity contribution in [3.05, 3.63) is 30.0 Å². The monoisotopic (exact) mass is 358 g/mol. The number of benzene rings is 1. The van der Waals surface area contributed by atoms with E-state index in [9.17, 15) is 9.59 Å². The molecule has 140 valence electrons. The highest BCUT2D eigenvalue weighted by Gasteiger charge is 2.35. The van der Waals surface area contributed by atoms with Crippen LogP contribution in [0.4, 0.5) is 0 Å². The van der Waals surface area contributed by atoms with Crippen molar-refractivity contribution >= 4 is 22.8 Å². The fourth-order valence-electron chi connectivity index (χ4n) is 3.06. The molecule has 0 atom stereocenters. The Hall–Kier alpha value is -2.41. The molecular weight excluding hydrogens is 332 g/mol. The van der Waals surface area contributed by atoms with E-state index in [0.29, 0.717) is 24.2 Å². The molecule has 3 rings (SSSR count). The first-order chi connectivity index (χ1) is 12.1. The molecule has 1 aromatic heterocycles. The van der Waals surface area contributed by atoms with Crippen molar-refractivity contribution in [2.24, 2.45) is 11.1 Å². The summed E-state index contributed by atoms with van der Waals surface area (Å²) in [5.74, 6) is -0.702. The highest BCUT2D eigenvalue weighted by atomic mass is 16.7. The molecule has 0 spiro atoms. The number of nitrogens with two attached hydrogens (primary N) is 1. The predicted molar refractivity (Wildman–Crippen MR) is 98.3 cm³/mol. The zero-order valence-electron chi connectivity index (χ0n) is 15.8. The lowest BCUT2D eigenvalue weighted by molar-refractivity contribution is -0.208. The first kappa shape index (κ1) is 18.4. The van der Waals surface area contributed by atoms with Gasteiger partial charge in [-0.1, -0.05) is 12.1 Å². The number of hydroxylamine groups is 2. The summed E-state index contributed by atoms with van der Waals surface area (Å²) in [6, 6.07) is 5.43. The van der Waals surface area contributed by atoms with E-state index in [0.717, 1.165) is 18.2 Å². The van der Waals surface area contributed by atoms with E-state index in [4.69, 9.17) is 10.6 Å². The molecule has 1 fully saturated rings. The number of hydrogen-bond donors (Lipinski definition) is 1. The second-order valence-corrected chi connectivity index (χ2v) is 8.24. The lowest BCUT2D eigenvalue weighted by atomic mass is 9.90. The molecule has 0 saturated carbocycles. The minimum Gasteiger partial charge on any atom is -0.367 e. The van der Waals surface area contributed by atoms with Gasteiger partial charge in [-0.05, 0) is 46.6 Å². The molecule has 1 aliphatic rings. The standard InChI is InChI=1S/C19H26N4O3/c1-18(2,3)17(25)26-22-10-8-19(4,9-11-22)23-12-13-6-5-7-14(16(20)24)15(13)21-23/h5-7,12H,8-11H2,1-4H3,(H2,20,24). The Bertz CT molecular complexity index is 842. The molecule has 0 unspecified atom stereocenters. The van der Waals surface area contributed by atoms with E-state index < -0.39 is 11.3 Å². The average molecular weight is 358 g/mol. The first-order valence-corrected chi connectivity index (χ1v) is 8.86. The van der Waals surface area contributed by atoms with Crippen LogP contribution < -0.4 is 5.73 Å². The number of aromatic nitrogens is 2. The zero-order valence-corrected chi connectivity index (χ0v) is 15.8. The highest BCUT2D eigenvalue weighted by molar-refractivity contribution is 6.04. The molecule has 7 heteroatoms. The number of rotatable bonds is 3. The summed E-state index contributed by atoms with van der Waals surface area (Å²) < 4.78 is 1.92. The van der Waals surface area contributed by atoms with Gasteiger partial charge in [0.05, 0.1) is 16.5 Å². The number of primary amides is 1. The molecule has 2 N–H and O–H groups in total. The first-order valence-electron chi connectivity index (χ1n) is 8.86. The van der Waals surface area contributed by atoms with Crippen LogP contribution in [-0.4, -0.2) is 39.8 Å². The number of piperidine rings is 1. The summed E-state index contributed by atoms with van der Waals surface area (Å²) in [6.45, 7) is 8.93. The fourth-order valence-corrected chi connectivity index (χ4v) is 3.06. The van der Waals surface area contributed by atoms with Crippen molar-refractivity contribution in [3.63, 3.8) is 0 Å². The Morgan fingerprint density at radius 2 is 1.88 bits per heavy atom. The van der Waals surface area contributed by atoms with Gasteiger partial charge in [-0.15, -0.1) is 5.06 Å². The van der Waals surface area contributed by atoms with Crippen molar-refractivity contribution in [2.75, 3.05) is 13.1 Å². The molecule has 0 radical (unpaired) electrons. The van der Waals surface area contributed by atoms with Crippen LogP contribution in [0, 0.1) is 5.41 Å². The van der Waals surface area contributed by atoms with Gasteiger partial charge in [-0.2, -0.15) is 5.10 Å². The van der Waals surface area contributed by atoms with Gasteiger partial charge in [-0.3, -0.25) is 9.48 Å². The lowest BCUT2D eigenvalue weighted by Gasteiger charge is -2.39. The maximum atomic E-state index is 12.1. The summed E-state index contributed by atoms with van der Waals surface area (Å²) in [5, 5.41) is 7.27. The number of fused-ring (bicyclic) bond motifs is 1. The highest BCUT2D eigenvalue weighted by Crippen LogP contribution is 2.32. The summed E-state index contributed by atoms with van der Waals surface area (Å²) >= 11 is 0. The molecule has 7 nitrogen and oxygen atoms in total. The third-order valence-corrected chi connectivity index (χ3v) is 4.98. The Kier molecular flexibility index (Phi) is 4.52. The van der Waals surface area contributed by atoms with Crippen LogP contribution in [0.5, 0.6) is 0 Å². The maximum Gasteiger partial charge on any atom is 0.330 e. The number of carbonyl (C=O) groups excluding carboxylic acids is 2. The van der Waals surface area contributed by atoms with Crippen molar-refractivity contribution in [2.45, 2.75) is 46.1 Å². The van der Waals surface area contributed by atoms with Gasteiger partial charge < -0.3 is 10.6 Å². The summed E-state index contributed by atoms with van der Waals surface area (Å²) in [5.41, 5.74) is 5.78. The van der Waals surface area contributed by atoms with Crippen LogP contribution in [-0.2, 0) is 15.2 Å². The molecule has 1 aromatic carbocycles. The Labute approximate surface area is 153 Å². The number of amides is 1. The van der Waals surface area contributed by atoms with Crippen LogP contribution in [0.25, 0.3) is 10.9 Å². The molecule has 2 heterocycles. The largest absolute Gasteiger partial charge is 0.367 e. The SMILES string of the molecule is CC(C)(C)C(=O)ON1CCC(C)(n2cc3cccc(C(N)=O)c3n2)CC1. The topological polar surface area (TPSA) is 90.5 Å². The van der Waals surface area contributed by atoms with Crippen molar-refractivity contribution in [1.29, 1.82) is 0 Å². The third-order valence-electron chi connectivity index (χ3n) is 4.98. The lowest BCUT2D eigenvalue weighted by Crippen LogP contribution is -2.46. The molecule has 0 aliphatic carbocycles. The van der Waals surface area contributed by atoms with Gasteiger partial charge in [-0.25, -0.2) is 4.79 Å². The van der Waals surface area contributed by atoms with E-state index in [2.05, 4.69) is 12.0 Å².